The van der Waals surface area contributed by atoms with Gasteiger partial charge in [0.05, 0.1) is 0 Å². The van der Waals surface area contributed by atoms with Crippen molar-refractivity contribution in [1.82, 2.24) is 0 Å². The number of fused-ring (bicyclic) bond motifs is 3. The second-order valence-electron chi connectivity index (χ2n) is 4.16. The van der Waals surface area contributed by atoms with Crippen LogP contribution >= 0.6 is 11.8 Å². The molecule has 4 heteroatoms. The number of halogens is 1. The monoisotopic (exact) mass is 259 g/mol. The van der Waals surface area contributed by atoms with Crippen molar-refractivity contribution in [2.75, 3.05) is 12.0 Å². The Morgan fingerprint density at radius 1 is 1.06 bits per heavy atom. The lowest BCUT2D eigenvalue weighted by Crippen LogP contribution is -1.97. The summed E-state index contributed by atoms with van der Waals surface area (Å²) < 4.78 is 13.2. The molecule has 18 heavy (non-hydrogen) atoms. The van der Waals surface area contributed by atoms with Crippen molar-refractivity contribution >= 4 is 23.2 Å². The van der Waals surface area contributed by atoms with Crippen LogP contribution in [0, 0.1) is 5.82 Å². The molecule has 2 aromatic carbocycles. The summed E-state index contributed by atoms with van der Waals surface area (Å²) in [6, 6.07) is 7.88. The minimum Gasteiger partial charge on any atom is -0.398 e. The Hall–Kier alpha value is -1.81. The predicted molar refractivity (Wildman–Crippen MR) is 71.5 cm³/mol. The molecule has 1 aliphatic rings. The van der Waals surface area contributed by atoms with Crippen molar-refractivity contribution in [2.45, 2.75) is 4.90 Å². The summed E-state index contributed by atoms with van der Waals surface area (Å²) in [5.74, 6) is -0.549. The Kier molecular flexibility index (Phi) is 2.41. The van der Waals surface area contributed by atoms with Gasteiger partial charge >= 0.3 is 0 Å². The van der Waals surface area contributed by atoms with Crippen molar-refractivity contribution in [3.05, 3.63) is 47.3 Å². The summed E-state index contributed by atoms with van der Waals surface area (Å²) in [7, 11) is 0. The van der Waals surface area contributed by atoms with E-state index in [4.69, 9.17) is 5.73 Å². The third-order valence-corrected chi connectivity index (χ3v) is 3.92. The van der Waals surface area contributed by atoms with Crippen molar-refractivity contribution in [2.24, 2.45) is 0 Å². The molecule has 0 aromatic heterocycles. The summed E-state index contributed by atoms with van der Waals surface area (Å²) >= 11 is 1.53. The van der Waals surface area contributed by atoms with Crippen molar-refractivity contribution in [1.29, 1.82) is 0 Å². The largest absolute Gasteiger partial charge is 0.398 e. The molecule has 0 radical (unpaired) electrons. The van der Waals surface area contributed by atoms with Gasteiger partial charge in [0.25, 0.3) is 0 Å². The smallest absolute Gasteiger partial charge is 0.194 e. The average molecular weight is 259 g/mol. The molecule has 0 bridgehead atoms. The first-order chi connectivity index (χ1) is 8.61. The highest BCUT2D eigenvalue weighted by molar-refractivity contribution is 7.98. The number of anilines is 1. The highest BCUT2D eigenvalue weighted by atomic mass is 32.2. The van der Waals surface area contributed by atoms with Crippen LogP contribution in [0.15, 0.2) is 35.2 Å². The maximum absolute atomic E-state index is 13.2. The topological polar surface area (TPSA) is 43.1 Å². The van der Waals surface area contributed by atoms with Gasteiger partial charge in [-0.25, -0.2) is 4.39 Å². The number of nitrogen functional groups attached to an aromatic ring is 1. The van der Waals surface area contributed by atoms with Gasteiger partial charge in [0.15, 0.2) is 5.78 Å². The molecular weight excluding hydrogens is 249 g/mol. The number of benzene rings is 2. The first-order valence-electron chi connectivity index (χ1n) is 5.44. The van der Waals surface area contributed by atoms with E-state index in [1.807, 2.05) is 12.3 Å². The van der Waals surface area contributed by atoms with Gasteiger partial charge in [0.2, 0.25) is 0 Å². The number of hydrogen-bond donors (Lipinski definition) is 1. The summed E-state index contributed by atoms with van der Waals surface area (Å²) in [6.07, 6.45) is 1.93. The molecule has 3 rings (SSSR count). The molecule has 2 aromatic rings. The maximum atomic E-state index is 13.2. The minimum absolute atomic E-state index is 0.154. The van der Waals surface area contributed by atoms with E-state index in [2.05, 4.69) is 0 Å². The maximum Gasteiger partial charge on any atom is 0.194 e. The molecule has 90 valence electrons. The van der Waals surface area contributed by atoms with Crippen LogP contribution in [0.2, 0.25) is 0 Å². The van der Waals surface area contributed by atoms with Gasteiger partial charge in [-0.15, -0.1) is 11.8 Å². The van der Waals surface area contributed by atoms with Crippen LogP contribution in [0.4, 0.5) is 10.1 Å². The van der Waals surface area contributed by atoms with E-state index in [1.54, 1.807) is 12.1 Å². The van der Waals surface area contributed by atoms with Crippen LogP contribution in [-0.4, -0.2) is 12.0 Å². The zero-order valence-electron chi connectivity index (χ0n) is 9.66. The van der Waals surface area contributed by atoms with Crippen LogP contribution in [0.1, 0.15) is 15.9 Å². The highest BCUT2D eigenvalue weighted by Gasteiger charge is 2.28. The number of ketones is 1. The highest BCUT2D eigenvalue weighted by Crippen LogP contribution is 2.40. The lowest BCUT2D eigenvalue weighted by atomic mass is 10.1. The van der Waals surface area contributed by atoms with Crippen molar-refractivity contribution in [3.8, 4) is 11.1 Å². The molecule has 1 aliphatic carbocycles. The van der Waals surface area contributed by atoms with E-state index in [0.29, 0.717) is 16.8 Å². The molecular formula is C14H10FNOS. The average Bonchev–Trinajstić information content (AvgIpc) is 2.62. The molecule has 0 aliphatic heterocycles. The van der Waals surface area contributed by atoms with E-state index < -0.39 is 5.82 Å². The standard InChI is InChI=1S/C14H10FNOS/c1-18-13-6-9-8-3-2-7(15)4-10(8)14(17)11(9)5-12(13)16/h2-6H,16H2,1H3. The zero-order valence-corrected chi connectivity index (χ0v) is 10.5. The molecule has 2 N–H and O–H groups in total. The lowest BCUT2D eigenvalue weighted by Gasteiger charge is -2.06. The third-order valence-electron chi connectivity index (χ3n) is 3.13. The summed E-state index contributed by atoms with van der Waals surface area (Å²) in [5.41, 5.74) is 9.08. The lowest BCUT2D eigenvalue weighted by molar-refractivity contribution is 0.104. The van der Waals surface area contributed by atoms with Gasteiger partial charge in [0.1, 0.15) is 5.82 Å². The van der Waals surface area contributed by atoms with Gasteiger partial charge in [-0.2, -0.15) is 0 Å². The van der Waals surface area contributed by atoms with Crippen LogP contribution < -0.4 is 5.73 Å². The Balaban J connectivity index is 2.31. The second-order valence-corrected chi connectivity index (χ2v) is 5.01. The van der Waals surface area contributed by atoms with Crippen molar-refractivity contribution in [3.63, 3.8) is 0 Å². The van der Waals surface area contributed by atoms with Gasteiger partial charge in [-0.05, 0) is 41.6 Å². The van der Waals surface area contributed by atoms with Crippen LogP contribution in [-0.2, 0) is 0 Å². The van der Waals surface area contributed by atoms with Crippen LogP contribution in [0.5, 0.6) is 0 Å². The Morgan fingerprint density at radius 3 is 2.50 bits per heavy atom. The first kappa shape index (κ1) is 11.3. The summed E-state index contributed by atoms with van der Waals surface area (Å²) in [6.45, 7) is 0. The van der Waals surface area contributed by atoms with E-state index in [0.717, 1.165) is 16.0 Å². The minimum atomic E-state index is -0.395. The number of hydrogen-bond acceptors (Lipinski definition) is 3. The van der Waals surface area contributed by atoms with Gasteiger partial charge in [-0.1, -0.05) is 6.07 Å². The fraction of sp³-hybridized carbons (Fsp3) is 0.0714. The van der Waals surface area contributed by atoms with Crippen molar-refractivity contribution < 1.29 is 9.18 Å². The summed E-state index contributed by atoms with van der Waals surface area (Å²) in [4.78, 5) is 13.1. The Morgan fingerprint density at radius 2 is 1.78 bits per heavy atom. The Bertz CT molecular complexity index is 682. The first-order valence-corrected chi connectivity index (χ1v) is 6.66. The number of rotatable bonds is 1. The molecule has 0 atom stereocenters. The van der Waals surface area contributed by atoms with Gasteiger partial charge < -0.3 is 5.73 Å². The zero-order chi connectivity index (χ0) is 12.9. The molecule has 0 unspecified atom stereocenters. The molecule has 2 nitrogen and oxygen atoms in total. The number of nitrogens with two attached hydrogens (primary N) is 1. The molecule has 0 saturated heterocycles. The third kappa shape index (κ3) is 1.46. The normalized spacial score (nSPS) is 12.4. The molecule has 0 amide bonds. The summed E-state index contributed by atoms with van der Waals surface area (Å²) in [5, 5.41) is 0. The quantitative estimate of drug-likeness (QED) is 0.538. The second kappa shape index (κ2) is 3.85. The number of carbonyl (C=O) groups is 1. The molecule has 0 spiro atoms. The predicted octanol–water partition coefficient (Wildman–Crippen LogP) is 3.34. The fourth-order valence-corrected chi connectivity index (χ4v) is 2.80. The van der Waals surface area contributed by atoms with E-state index in [-0.39, 0.29) is 5.78 Å². The van der Waals surface area contributed by atoms with Crippen LogP contribution in [0.25, 0.3) is 11.1 Å². The molecule has 0 heterocycles. The van der Waals surface area contributed by atoms with Crippen LogP contribution in [0.3, 0.4) is 0 Å². The SMILES string of the molecule is CSc1cc2c(cc1N)C(=O)c1cc(F)ccc1-2. The fourth-order valence-electron chi connectivity index (χ4n) is 2.27. The van der Waals surface area contributed by atoms with E-state index >= 15 is 0 Å². The van der Waals surface area contributed by atoms with E-state index in [9.17, 15) is 9.18 Å². The molecule has 0 fully saturated rings. The molecule has 0 saturated carbocycles. The Labute approximate surface area is 108 Å². The van der Waals surface area contributed by atoms with Gasteiger partial charge in [0, 0.05) is 21.7 Å². The van der Waals surface area contributed by atoms with Gasteiger partial charge in [-0.3, -0.25) is 4.79 Å². The van der Waals surface area contributed by atoms with E-state index in [1.165, 1.54) is 23.9 Å². The number of carbonyl (C=O) groups excluding carboxylic acids is 1. The number of thioether (sulfide) groups is 1.